The molecular weight excluding hydrogens is 510 g/mol. The number of anilines is 1. The van der Waals surface area contributed by atoms with Gasteiger partial charge in [-0.1, -0.05) is 24.3 Å². The zero-order chi connectivity index (χ0) is 29.1. The fourth-order valence-electron chi connectivity index (χ4n) is 4.20. The van der Waals surface area contributed by atoms with Crippen LogP contribution in [0.4, 0.5) is 20.1 Å². The van der Waals surface area contributed by atoms with Crippen molar-refractivity contribution in [3.8, 4) is 5.75 Å². The Morgan fingerprint density at radius 1 is 0.875 bits per heavy atom. The quantitative estimate of drug-likeness (QED) is 0.417. The zero-order valence-corrected chi connectivity index (χ0v) is 24.3. The van der Waals surface area contributed by atoms with Crippen LogP contribution in [0.15, 0.2) is 48.5 Å². The zero-order valence-electron chi connectivity index (χ0n) is 24.3. The van der Waals surface area contributed by atoms with Crippen molar-refractivity contribution in [3.63, 3.8) is 0 Å². The number of carbonyl (C=O) groups is 3. The lowest BCUT2D eigenvalue weighted by Gasteiger charge is -2.33. The lowest BCUT2D eigenvalue weighted by molar-refractivity contribution is 0.0528. The molecular formula is C30H43N5O5. The van der Waals surface area contributed by atoms with E-state index >= 15 is 0 Å². The molecule has 0 aliphatic carbocycles. The maximum atomic E-state index is 12.6. The topological polar surface area (TPSA) is 112 Å². The van der Waals surface area contributed by atoms with Crippen molar-refractivity contribution >= 4 is 23.9 Å². The summed E-state index contributed by atoms with van der Waals surface area (Å²) in [5.74, 6) is 0.492. The van der Waals surface area contributed by atoms with Crippen molar-refractivity contribution in [2.24, 2.45) is 0 Å². The minimum absolute atomic E-state index is 0.0423. The van der Waals surface area contributed by atoms with E-state index in [0.29, 0.717) is 44.4 Å². The first kappa shape index (κ1) is 30.6. The number of hydrogen-bond donors (Lipinski definition) is 3. The van der Waals surface area contributed by atoms with Gasteiger partial charge < -0.3 is 35.2 Å². The SMILES string of the molecule is CN(C)C(=O)Oc1ccc(CCNC(=O)N2CCC(Nc3ccc(CCNC(=O)OC(C)(C)C)cc3)CC2)cc1. The van der Waals surface area contributed by atoms with Gasteiger partial charge in [0.25, 0.3) is 0 Å². The summed E-state index contributed by atoms with van der Waals surface area (Å²) in [6, 6.07) is 15.8. The maximum absolute atomic E-state index is 12.6. The Hall–Kier alpha value is -3.95. The van der Waals surface area contributed by atoms with Gasteiger partial charge in [0.15, 0.2) is 0 Å². The maximum Gasteiger partial charge on any atom is 0.414 e. The molecule has 4 amide bonds. The van der Waals surface area contributed by atoms with Crippen molar-refractivity contribution in [2.75, 3.05) is 45.6 Å². The van der Waals surface area contributed by atoms with Crippen LogP contribution in [0.3, 0.4) is 0 Å². The second kappa shape index (κ2) is 14.4. The number of amides is 4. The Labute approximate surface area is 237 Å². The predicted molar refractivity (Wildman–Crippen MR) is 156 cm³/mol. The first-order chi connectivity index (χ1) is 19.0. The molecule has 10 heteroatoms. The molecule has 0 bridgehead atoms. The molecule has 1 aliphatic heterocycles. The molecule has 10 nitrogen and oxygen atoms in total. The van der Waals surface area contributed by atoms with E-state index in [1.54, 1.807) is 26.2 Å². The van der Waals surface area contributed by atoms with Gasteiger partial charge in [0.05, 0.1) is 0 Å². The number of nitrogens with zero attached hydrogens (tertiary/aromatic N) is 2. The summed E-state index contributed by atoms with van der Waals surface area (Å²) in [5.41, 5.74) is 2.74. The van der Waals surface area contributed by atoms with E-state index in [4.69, 9.17) is 9.47 Å². The minimum atomic E-state index is -0.502. The van der Waals surface area contributed by atoms with Gasteiger partial charge in [0.2, 0.25) is 0 Å². The number of piperidine rings is 1. The third kappa shape index (κ3) is 10.7. The van der Waals surface area contributed by atoms with Gasteiger partial charge in [-0.3, -0.25) is 0 Å². The largest absolute Gasteiger partial charge is 0.444 e. The molecule has 1 saturated heterocycles. The van der Waals surface area contributed by atoms with Crippen LogP contribution in [0.25, 0.3) is 0 Å². The van der Waals surface area contributed by atoms with Gasteiger partial charge in [-0.15, -0.1) is 0 Å². The number of nitrogens with one attached hydrogen (secondary N) is 3. The number of likely N-dealkylation sites (tertiary alicyclic amines) is 1. The first-order valence-corrected chi connectivity index (χ1v) is 13.8. The number of benzene rings is 2. The highest BCUT2D eigenvalue weighted by atomic mass is 16.6. The van der Waals surface area contributed by atoms with Gasteiger partial charge >= 0.3 is 18.2 Å². The number of urea groups is 1. The van der Waals surface area contributed by atoms with E-state index in [1.807, 2.05) is 37.8 Å². The number of ether oxygens (including phenoxy) is 2. The molecule has 3 N–H and O–H groups in total. The molecule has 0 radical (unpaired) electrons. The Balaban J connectivity index is 1.31. The molecule has 3 rings (SSSR count). The van der Waals surface area contributed by atoms with Crippen LogP contribution in [0.2, 0.25) is 0 Å². The molecule has 0 spiro atoms. The van der Waals surface area contributed by atoms with Crippen molar-refractivity contribution in [3.05, 3.63) is 59.7 Å². The first-order valence-electron chi connectivity index (χ1n) is 13.8. The van der Waals surface area contributed by atoms with Crippen LogP contribution in [0.5, 0.6) is 5.75 Å². The Morgan fingerprint density at radius 2 is 1.43 bits per heavy atom. The average molecular weight is 554 g/mol. The highest BCUT2D eigenvalue weighted by Crippen LogP contribution is 2.18. The molecule has 0 aromatic heterocycles. The van der Waals surface area contributed by atoms with Gasteiger partial charge in [-0.25, -0.2) is 14.4 Å². The van der Waals surface area contributed by atoms with Crippen LogP contribution in [-0.2, 0) is 17.6 Å². The summed E-state index contributed by atoms with van der Waals surface area (Å²) < 4.78 is 10.5. The molecule has 1 heterocycles. The Morgan fingerprint density at radius 3 is 1.98 bits per heavy atom. The summed E-state index contributed by atoms with van der Waals surface area (Å²) in [6.07, 6.45) is 2.36. The van der Waals surface area contributed by atoms with E-state index in [-0.39, 0.29) is 6.03 Å². The second-order valence-electron chi connectivity index (χ2n) is 11.2. The molecule has 2 aromatic carbocycles. The van der Waals surface area contributed by atoms with Gasteiger partial charge in [-0.2, -0.15) is 0 Å². The van der Waals surface area contributed by atoms with Crippen LogP contribution in [0, 0.1) is 0 Å². The fraction of sp³-hybridized carbons (Fsp3) is 0.500. The number of alkyl carbamates (subject to hydrolysis) is 1. The van der Waals surface area contributed by atoms with Crippen LogP contribution < -0.4 is 20.7 Å². The monoisotopic (exact) mass is 553 g/mol. The Kier molecular flexibility index (Phi) is 11.0. The molecule has 1 fully saturated rings. The normalized spacial score (nSPS) is 13.8. The van der Waals surface area contributed by atoms with Gasteiger partial charge in [0.1, 0.15) is 11.4 Å². The summed E-state index contributed by atoms with van der Waals surface area (Å²) in [4.78, 5) is 39.3. The lowest BCUT2D eigenvalue weighted by atomic mass is 10.0. The fourth-order valence-corrected chi connectivity index (χ4v) is 4.20. The third-order valence-electron chi connectivity index (χ3n) is 6.37. The minimum Gasteiger partial charge on any atom is -0.444 e. The van der Waals surface area contributed by atoms with Crippen molar-refractivity contribution in [1.29, 1.82) is 0 Å². The van der Waals surface area contributed by atoms with Crippen molar-refractivity contribution in [2.45, 2.75) is 58.1 Å². The molecule has 0 saturated carbocycles. The summed E-state index contributed by atoms with van der Waals surface area (Å²) in [6.45, 7) is 7.98. The molecule has 0 unspecified atom stereocenters. The molecule has 0 atom stereocenters. The van der Waals surface area contributed by atoms with Gasteiger partial charge in [-0.05, 0) is 81.8 Å². The van der Waals surface area contributed by atoms with E-state index in [2.05, 4.69) is 40.2 Å². The second-order valence-corrected chi connectivity index (χ2v) is 11.2. The third-order valence-corrected chi connectivity index (χ3v) is 6.37. The average Bonchev–Trinajstić information content (AvgIpc) is 2.90. The summed E-state index contributed by atoms with van der Waals surface area (Å²) in [7, 11) is 3.27. The highest BCUT2D eigenvalue weighted by Gasteiger charge is 2.22. The molecule has 40 heavy (non-hydrogen) atoms. The number of rotatable bonds is 9. The van der Waals surface area contributed by atoms with Crippen molar-refractivity contribution < 1.29 is 23.9 Å². The van der Waals surface area contributed by atoms with Gasteiger partial charge in [0, 0.05) is 52.0 Å². The Bertz CT molecular complexity index is 1100. The van der Waals surface area contributed by atoms with Crippen LogP contribution in [0.1, 0.15) is 44.7 Å². The van der Waals surface area contributed by atoms with E-state index in [0.717, 1.165) is 36.1 Å². The summed E-state index contributed by atoms with van der Waals surface area (Å²) in [5, 5.41) is 9.36. The van der Waals surface area contributed by atoms with E-state index in [9.17, 15) is 14.4 Å². The van der Waals surface area contributed by atoms with Crippen molar-refractivity contribution in [1.82, 2.24) is 20.4 Å². The van der Waals surface area contributed by atoms with Crippen LogP contribution in [-0.4, -0.2) is 79.9 Å². The number of carbonyl (C=O) groups excluding carboxylic acids is 3. The standard InChI is InChI=1S/C30H43N5O5/c1-30(2,3)40-28(37)32-19-15-22-6-10-24(11-7-22)33-25-16-20-35(21-17-25)27(36)31-18-14-23-8-12-26(13-9-23)39-29(38)34(4)5/h6-13,25,33H,14-21H2,1-5H3,(H,31,36)(H,32,37). The highest BCUT2D eigenvalue weighted by molar-refractivity contribution is 5.74. The predicted octanol–water partition coefficient (Wildman–Crippen LogP) is 4.64. The molecule has 2 aromatic rings. The lowest BCUT2D eigenvalue weighted by Crippen LogP contribution is -2.47. The van der Waals surface area contributed by atoms with E-state index < -0.39 is 17.8 Å². The van der Waals surface area contributed by atoms with Crippen LogP contribution >= 0.6 is 0 Å². The van der Waals surface area contributed by atoms with E-state index in [1.165, 1.54) is 4.90 Å². The molecule has 218 valence electrons. The number of hydrogen-bond acceptors (Lipinski definition) is 6. The smallest absolute Gasteiger partial charge is 0.414 e. The summed E-state index contributed by atoms with van der Waals surface area (Å²) >= 11 is 0. The molecule has 1 aliphatic rings.